The summed E-state index contributed by atoms with van der Waals surface area (Å²) < 4.78 is 19.0. The van der Waals surface area contributed by atoms with Crippen molar-refractivity contribution in [2.24, 2.45) is 0 Å². The Balaban J connectivity index is 1.29. The zero-order valence-corrected chi connectivity index (χ0v) is 16.0. The lowest BCUT2D eigenvalue weighted by Gasteiger charge is -2.14. The van der Waals surface area contributed by atoms with Gasteiger partial charge in [-0.25, -0.2) is 9.18 Å². The van der Waals surface area contributed by atoms with Crippen LogP contribution in [0.5, 0.6) is 0 Å². The summed E-state index contributed by atoms with van der Waals surface area (Å²) in [6.45, 7) is 0.729. The van der Waals surface area contributed by atoms with Crippen LogP contribution in [0.3, 0.4) is 0 Å². The molecule has 29 heavy (non-hydrogen) atoms. The second kappa shape index (κ2) is 8.74. The van der Waals surface area contributed by atoms with Crippen LogP contribution in [-0.2, 0) is 4.74 Å². The summed E-state index contributed by atoms with van der Waals surface area (Å²) >= 11 is 0. The molecule has 0 spiro atoms. The first-order valence-electron chi connectivity index (χ1n) is 9.74. The topological polar surface area (TPSA) is 38.3 Å². The van der Waals surface area contributed by atoms with Crippen molar-refractivity contribution in [3.05, 3.63) is 101 Å². The summed E-state index contributed by atoms with van der Waals surface area (Å²) in [6, 6.07) is 23.1. The van der Waals surface area contributed by atoms with Crippen LogP contribution < -0.4 is 5.32 Å². The highest BCUT2D eigenvalue weighted by molar-refractivity contribution is 5.79. The Labute approximate surface area is 169 Å². The third-order valence-corrected chi connectivity index (χ3v) is 5.13. The molecule has 0 fully saturated rings. The van der Waals surface area contributed by atoms with Gasteiger partial charge in [0.1, 0.15) is 12.4 Å². The van der Waals surface area contributed by atoms with E-state index in [-0.39, 0.29) is 11.7 Å². The van der Waals surface area contributed by atoms with E-state index >= 15 is 0 Å². The van der Waals surface area contributed by atoms with Gasteiger partial charge in [0.25, 0.3) is 0 Å². The fourth-order valence-corrected chi connectivity index (χ4v) is 3.73. The van der Waals surface area contributed by atoms with Crippen LogP contribution in [0, 0.1) is 5.82 Å². The Hall–Kier alpha value is -3.40. The number of benzene rings is 3. The molecule has 0 aromatic heterocycles. The molecule has 0 saturated carbocycles. The van der Waals surface area contributed by atoms with Crippen LogP contribution in [0.15, 0.2) is 78.9 Å². The molecule has 0 unspecified atom stereocenters. The summed E-state index contributed by atoms with van der Waals surface area (Å²) in [7, 11) is 0. The normalized spacial score (nSPS) is 12.6. The van der Waals surface area contributed by atoms with E-state index < -0.39 is 6.09 Å². The molecule has 0 bridgehead atoms. The Kier molecular flexibility index (Phi) is 5.71. The average Bonchev–Trinajstić information content (AvgIpc) is 3.07. The maximum atomic E-state index is 13.5. The number of carbonyl (C=O) groups excluding carboxylic acids is 1. The second-order valence-corrected chi connectivity index (χ2v) is 6.96. The van der Waals surface area contributed by atoms with Gasteiger partial charge in [0.05, 0.1) is 0 Å². The number of rotatable bonds is 6. The molecular formula is C25H22FNO2. The molecular weight excluding hydrogens is 365 g/mol. The Morgan fingerprint density at radius 1 is 0.931 bits per heavy atom. The summed E-state index contributed by atoms with van der Waals surface area (Å²) in [5.41, 5.74) is 5.32. The number of hydrogen-bond donors (Lipinski definition) is 1. The number of nitrogens with one attached hydrogen (secondary N) is 1. The first kappa shape index (κ1) is 18.9. The molecule has 4 heteroatoms. The van der Waals surface area contributed by atoms with Gasteiger partial charge in [0.15, 0.2) is 0 Å². The number of halogens is 1. The monoisotopic (exact) mass is 387 g/mol. The number of hydrogen-bond acceptors (Lipinski definition) is 2. The number of ether oxygens (including phenoxy) is 1. The average molecular weight is 387 g/mol. The number of fused-ring (bicyclic) bond motifs is 3. The molecule has 146 valence electrons. The van der Waals surface area contributed by atoms with Crippen molar-refractivity contribution in [1.82, 2.24) is 5.32 Å². The van der Waals surface area contributed by atoms with E-state index in [2.05, 4.69) is 29.6 Å². The van der Waals surface area contributed by atoms with Gasteiger partial charge < -0.3 is 10.1 Å². The lowest BCUT2D eigenvalue weighted by Crippen LogP contribution is -2.26. The molecule has 4 rings (SSSR count). The van der Waals surface area contributed by atoms with E-state index in [1.54, 1.807) is 24.3 Å². The van der Waals surface area contributed by atoms with Crippen molar-refractivity contribution in [1.29, 1.82) is 0 Å². The van der Waals surface area contributed by atoms with Gasteiger partial charge in [-0.05, 0) is 34.7 Å². The number of alkyl carbamates (subject to hydrolysis) is 1. The fraction of sp³-hybridized carbons (Fsp3) is 0.160. The van der Waals surface area contributed by atoms with Crippen LogP contribution in [0.4, 0.5) is 9.18 Å². The summed E-state index contributed by atoms with van der Waals surface area (Å²) in [5, 5.41) is 2.75. The summed E-state index contributed by atoms with van der Waals surface area (Å²) in [4.78, 5) is 12.1. The number of carbonyl (C=O) groups is 1. The zero-order valence-electron chi connectivity index (χ0n) is 16.0. The molecule has 1 amide bonds. The molecule has 0 atom stereocenters. The molecule has 1 N–H and O–H groups in total. The van der Waals surface area contributed by atoms with Gasteiger partial charge >= 0.3 is 6.09 Å². The van der Waals surface area contributed by atoms with E-state index in [1.807, 2.05) is 30.3 Å². The minimum atomic E-state index is -0.439. The van der Waals surface area contributed by atoms with Crippen molar-refractivity contribution >= 4 is 12.2 Å². The molecule has 0 radical (unpaired) electrons. The highest BCUT2D eigenvalue weighted by atomic mass is 19.1. The maximum Gasteiger partial charge on any atom is 0.407 e. The highest BCUT2D eigenvalue weighted by Crippen LogP contribution is 2.44. The largest absolute Gasteiger partial charge is 0.449 e. The van der Waals surface area contributed by atoms with Crippen molar-refractivity contribution in [2.45, 2.75) is 12.3 Å². The van der Waals surface area contributed by atoms with Crippen LogP contribution in [-0.4, -0.2) is 19.2 Å². The second-order valence-electron chi connectivity index (χ2n) is 6.96. The van der Waals surface area contributed by atoms with Crippen LogP contribution in [0.1, 0.15) is 29.0 Å². The van der Waals surface area contributed by atoms with E-state index in [4.69, 9.17) is 4.74 Å². The van der Waals surface area contributed by atoms with Gasteiger partial charge in [0.2, 0.25) is 0 Å². The lowest BCUT2D eigenvalue weighted by molar-refractivity contribution is 0.143. The molecule has 3 aromatic rings. The first-order valence-corrected chi connectivity index (χ1v) is 9.74. The number of amides is 1. The minimum absolute atomic E-state index is 0.0501. The molecule has 3 aromatic carbocycles. The smallest absolute Gasteiger partial charge is 0.407 e. The van der Waals surface area contributed by atoms with E-state index in [0.717, 1.165) is 0 Å². The van der Waals surface area contributed by atoms with Crippen molar-refractivity contribution < 1.29 is 13.9 Å². The van der Waals surface area contributed by atoms with Gasteiger partial charge in [-0.3, -0.25) is 0 Å². The van der Waals surface area contributed by atoms with Crippen molar-refractivity contribution in [3.63, 3.8) is 0 Å². The zero-order chi connectivity index (χ0) is 20.1. The molecule has 1 aliphatic carbocycles. The van der Waals surface area contributed by atoms with Gasteiger partial charge in [-0.1, -0.05) is 78.9 Å². The molecule has 0 heterocycles. The predicted octanol–water partition coefficient (Wildman–Crippen LogP) is 5.77. The third kappa shape index (κ3) is 4.21. The van der Waals surface area contributed by atoms with Gasteiger partial charge in [-0.15, -0.1) is 0 Å². The molecule has 1 aliphatic rings. The van der Waals surface area contributed by atoms with E-state index in [0.29, 0.717) is 25.1 Å². The Bertz CT molecular complexity index is 999. The van der Waals surface area contributed by atoms with Gasteiger partial charge in [0, 0.05) is 18.0 Å². The SMILES string of the molecule is O=C(NCCC=Cc1ccccc1F)OCC1c2ccccc2-c2ccccc21. The Morgan fingerprint density at radius 3 is 2.24 bits per heavy atom. The molecule has 0 aliphatic heterocycles. The van der Waals surface area contributed by atoms with Gasteiger partial charge in [-0.2, -0.15) is 0 Å². The quantitative estimate of drug-likeness (QED) is 0.546. The van der Waals surface area contributed by atoms with Crippen LogP contribution in [0.25, 0.3) is 17.2 Å². The third-order valence-electron chi connectivity index (χ3n) is 5.13. The predicted molar refractivity (Wildman–Crippen MR) is 113 cm³/mol. The fourth-order valence-electron chi connectivity index (χ4n) is 3.73. The summed E-state index contributed by atoms with van der Waals surface area (Å²) in [6.07, 6.45) is 3.71. The minimum Gasteiger partial charge on any atom is -0.449 e. The Morgan fingerprint density at radius 2 is 1.55 bits per heavy atom. The standard InChI is InChI=1S/C25H22FNO2/c26-24-15-6-1-9-18(24)10-7-8-16-27-25(28)29-17-23-21-13-4-2-11-19(21)20-12-3-5-14-22(20)23/h1-7,9-15,23H,8,16-17H2,(H,27,28). The van der Waals surface area contributed by atoms with Crippen LogP contribution in [0.2, 0.25) is 0 Å². The van der Waals surface area contributed by atoms with E-state index in [1.165, 1.54) is 28.3 Å². The van der Waals surface area contributed by atoms with Crippen molar-refractivity contribution in [2.75, 3.05) is 13.2 Å². The highest BCUT2D eigenvalue weighted by Gasteiger charge is 2.28. The first-order chi connectivity index (χ1) is 14.2. The molecule has 0 saturated heterocycles. The summed E-state index contributed by atoms with van der Waals surface area (Å²) in [5.74, 6) is -0.206. The lowest BCUT2D eigenvalue weighted by atomic mass is 9.98. The van der Waals surface area contributed by atoms with E-state index in [9.17, 15) is 9.18 Å². The van der Waals surface area contributed by atoms with Crippen LogP contribution >= 0.6 is 0 Å². The van der Waals surface area contributed by atoms with Crippen molar-refractivity contribution in [3.8, 4) is 11.1 Å². The molecule has 3 nitrogen and oxygen atoms in total. The maximum absolute atomic E-state index is 13.5.